The monoisotopic (exact) mass is 273 g/mol. The third-order valence-electron chi connectivity index (χ3n) is 3.89. The molecule has 0 aliphatic heterocycles. The summed E-state index contributed by atoms with van der Waals surface area (Å²) in [7, 11) is 0. The van der Waals surface area contributed by atoms with Gasteiger partial charge >= 0.3 is 0 Å². The van der Waals surface area contributed by atoms with Crippen LogP contribution in [0.3, 0.4) is 0 Å². The Kier molecular flexibility index (Phi) is 3.76. The van der Waals surface area contributed by atoms with Crippen molar-refractivity contribution in [2.45, 2.75) is 39.3 Å². The van der Waals surface area contributed by atoms with Crippen molar-refractivity contribution >= 4 is 5.69 Å². The lowest BCUT2D eigenvalue weighted by atomic mass is 9.64. The summed E-state index contributed by atoms with van der Waals surface area (Å²) in [5.74, 6) is -3.01. The number of rotatable bonds is 4. The number of nitrogens with one attached hydrogen (secondary N) is 1. The zero-order valence-corrected chi connectivity index (χ0v) is 11.3. The van der Waals surface area contributed by atoms with Crippen LogP contribution in [0.15, 0.2) is 12.1 Å². The molecule has 1 aromatic carbocycles. The smallest absolute Gasteiger partial charge is 0.161 e. The first-order valence-corrected chi connectivity index (χ1v) is 6.39. The van der Waals surface area contributed by atoms with Crippen molar-refractivity contribution in [2.24, 2.45) is 5.41 Å². The molecule has 106 valence electrons. The molecule has 2 unspecified atom stereocenters. The normalized spacial score (nSPS) is 24.9. The molecule has 5 heteroatoms. The van der Waals surface area contributed by atoms with E-state index < -0.39 is 17.5 Å². The van der Waals surface area contributed by atoms with Gasteiger partial charge in [0.15, 0.2) is 11.6 Å². The van der Waals surface area contributed by atoms with Crippen LogP contribution in [0.2, 0.25) is 0 Å². The molecule has 1 fully saturated rings. The van der Waals surface area contributed by atoms with E-state index in [1.165, 1.54) is 0 Å². The summed E-state index contributed by atoms with van der Waals surface area (Å²) < 4.78 is 45.1. The maximum Gasteiger partial charge on any atom is 0.161 e. The van der Waals surface area contributed by atoms with Gasteiger partial charge in [0.1, 0.15) is 5.82 Å². The molecule has 1 saturated carbocycles. The van der Waals surface area contributed by atoms with Crippen LogP contribution in [0.5, 0.6) is 0 Å². The standard InChI is InChI=1S/C14H18F3NO/c1-4-19-13-7-12(14(13,2)3)18-11-6-9(16)8(15)5-10(11)17/h5-6,12-13,18H,4,7H2,1-3H3. The Morgan fingerprint density at radius 1 is 1.21 bits per heavy atom. The third-order valence-corrected chi connectivity index (χ3v) is 3.89. The molecule has 19 heavy (non-hydrogen) atoms. The van der Waals surface area contributed by atoms with Gasteiger partial charge in [-0.15, -0.1) is 0 Å². The van der Waals surface area contributed by atoms with Gasteiger partial charge in [0.05, 0.1) is 11.8 Å². The van der Waals surface area contributed by atoms with Gasteiger partial charge in [-0.1, -0.05) is 13.8 Å². The SMILES string of the molecule is CCOC1CC(Nc2cc(F)c(F)cc2F)C1(C)C. The molecular formula is C14H18F3NO. The number of hydrogen-bond acceptors (Lipinski definition) is 2. The minimum Gasteiger partial charge on any atom is -0.379 e. The Morgan fingerprint density at radius 3 is 2.42 bits per heavy atom. The molecule has 0 spiro atoms. The van der Waals surface area contributed by atoms with E-state index in [2.05, 4.69) is 5.32 Å². The summed E-state index contributed by atoms with van der Waals surface area (Å²) in [5.41, 5.74) is -0.181. The number of halogens is 3. The molecule has 1 aliphatic rings. The summed E-state index contributed by atoms with van der Waals surface area (Å²) in [6.45, 7) is 6.56. The second kappa shape index (κ2) is 5.04. The summed E-state index contributed by atoms with van der Waals surface area (Å²) in [4.78, 5) is 0. The lowest BCUT2D eigenvalue weighted by molar-refractivity contribution is -0.0976. The second-order valence-electron chi connectivity index (χ2n) is 5.44. The lowest BCUT2D eigenvalue weighted by Crippen LogP contribution is -2.58. The van der Waals surface area contributed by atoms with Gasteiger partial charge in [0, 0.05) is 30.2 Å². The summed E-state index contributed by atoms with van der Waals surface area (Å²) in [5, 5.41) is 2.93. The molecule has 0 heterocycles. The summed E-state index contributed by atoms with van der Waals surface area (Å²) in [6, 6.07) is 1.39. The first kappa shape index (κ1) is 14.2. The molecule has 1 N–H and O–H groups in total. The lowest BCUT2D eigenvalue weighted by Gasteiger charge is -2.52. The summed E-state index contributed by atoms with van der Waals surface area (Å²) >= 11 is 0. The first-order valence-electron chi connectivity index (χ1n) is 6.39. The van der Waals surface area contributed by atoms with E-state index in [0.29, 0.717) is 12.7 Å². The van der Waals surface area contributed by atoms with E-state index in [9.17, 15) is 13.2 Å². The van der Waals surface area contributed by atoms with Crippen LogP contribution >= 0.6 is 0 Å². The van der Waals surface area contributed by atoms with E-state index in [1.54, 1.807) is 0 Å². The molecule has 0 amide bonds. The molecule has 0 saturated heterocycles. The van der Waals surface area contributed by atoms with Crippen LogP contribution in [0.1, 0.15) is 27.2 Å². The predicted molar refractivity (Wildman–Crippen MR) is 67.5 cm³/mol. The van der Waals surface area contributed by atoms with E-state index in [1.807, 2.05) is 20.8 Å². The van der Waals surface area contributed by atoms with E-state index >= 15 is 0 Å². The van der Waals surface area contributed by atoms with Crippen LogP contribution in [-0.2, 0) is 4.74 Å². The number of anilines is 1. The molecule has 0 radical (unpaired) electrons. The molecule has 2 rings (SSSR count). The number of ether oxygens (including phenoxy) is 1. The second-order valence-corrected chi connectivity index (χ2v) is 5.44. The van der Waals surface area contributed by atoms with Gasteiger partial charge in [-0.25, -0.2) is 13.2 Å². The van der Waals surface area contributed by atoms with Crippen LogP contribution in [-0.4, -0.2) is 18.8 Å². The van der Waals surface area contributed by atoms with E-state index in [-0.39, 0.29) is 23.2 Å². The highest BCUT2D eigenvalue weighted by molar-refractivity contribution is 5.47. The minimum absolute atomic E-state index is 0.00748. The van der Waals surface area contributed by atoms with Crippen molar-refractivity contribution in [3.8, 4) is 0 Å². The van der Waals surface area contributed by atoms with Crippen molar-refractivity contribution in [3.63, 3.8) is 0 Å². The van der Waals surface area contributed by atoms with Gasteiger partial charge in [-0.3, -0.25) is 0 Å². The largest absolute Gasteiger partial charge is 0.379 e. The average molecular weight is 273 g/mol. The highest BCUT2D eigenvalue weighted by atomic mass is 19.2. The van der Waals surface area contributed by atoms with Gasteiger partial charge in [0.25, 0.3) is 0 Å². The Morgan fingerprint density at radius 2 is 1.84 bits per heavy atom. The maximum atomic E-state index is 13.5. The molecule has 1 aromatic rings. The predicted octanol–water partition coefficient (Wildman–Crippen LogP) is 3.72. The molecule has 0 aromatic heterocycles. The maximum absolute atomic E-state index is 13.5. The minimum atomic E-state index is -1.18. The highest BCUT2D eigenvalue weighted by Gasteiger charge is 2.49. The van der Waals surface area contributed by atoms with Crippen LogP contribution in [0.4, 0.5) is 18.9 Å². The third kappa shape index (κ3) is 2.56. The molecule has 0 bridgehead atoms. The average Bonchev–Trinajstić information content (AvgIpc) is 2.34. The van der Waals surface area contributed by atoms with E-state index in [0.717, 1.165) is 12.5 Å². The van der Waals surface area contributed by atoms with Crippen LogP contribution in [0, 0.1) is 22.9 Å². The molecule has 2 atom stereocenters. The Labute approximate surface area is 111 Å². The quantitative estimate of drug-likeness (QED) is 0.844. The van der Waals surface area contributed by atoms with Crippen molar-refractivity contribution in [1.29, 1.82) is 0 Å². The van der Waals surface area contributed by atoms with Crippen molar-refractivity contribution < 1.29 is 17.9 Å². The van der Waals surface area contributed by atoms with Crippen molar-refractivity contribution in [2.75, 3.05) is 11.9 Å². The molecule has 2 nitrogen and oxygen atoms in total. The zero-order chi connectivity index (χ0) is 14.2. The van der Waals surface area contributed by atoms with Crippen LogP contribution in [0.25, 0.3) is 0 Å². The Bertz CT molecular complexity index is 476. The number of benzene rings is 1. The number of hydrogen-bond donors (Lipinski definition) is 1. The van der Waals surface area contributed by atoms with E-state index in [4.69, 9.17) is 4.74 Å². The fraction of sp³-hybridized carbons (Fsp3) is 0.571. The van der Waals surface area contributed by atoms with Crippen molar-refractivity contribution in [3.05, 3.63) is 29.6 Å². The fourth-order valence-electron chi connectivity index (χ4n) is 2.44. The van der Waals surface area contributed by atoms with Crippen LogP contribution < -0.4 is 5.32 Å². The Hall–Kier alpha value is -1.23. The fourth-order valence-corrected chi connectivity index (χ4v) is 2.44. The van der Waals surface area contributed by atoms with Gasteiger partial charge in [0.2, 0.25) is 0 Å². The van der Waals surface area contributed by atoms with Gasteiger partial charge in [-0.05, 0) is 13.3 Å². The highest BCUT2D eigenvalue weighted by Crippen LogP contribution is 2.44. The van der Waals surface area contributed by atoms with Crippen molar-refractivity contribution in [1.82, 2.24) is 0 Å². The Balaban J connectivity index is 2.09. The zero-order valence-electron chi connectivity index (χ0n) is 11.3. The molecular weight excluding hydrogens is 255 g/mol. The molecule has 1 aliphatic carbocycles. The summed E-state index contributed by atoms with van der Waals surface area (Å²) in [6.07, 6.45) is 0.822. The van der Waals surface area contributed by atoms with Gasteiger partial charge < -0.3 is 10.1 Å². The first-order chi connectivity index (χ1) is 8.86. The van der Waals surface area contributed by atoms with Gasteiger partial charge in [-0.2, -0.15) is 0 Å². The topological polar surface area (TPSA) is 21.3 Å².